The molecular weight excluding hydrogens is 136 g/mol. The topological polar surface area (TPSA) is 17.1 Å². The van der Waals surface area contributed by atoms with Crippen LogP contribution in [0.15, 0.2) is 23.8 Å². The molecule has 0 aliphatic carbocycles. The SMILES string of the molecule is C=C(C)C(=O)C(C)=CCCC. The standard InChI is InChI=1S/C10H16O/c1-5-6-7-9(4)10(11)8(2)3/h7H,2,5-6H2,1,3-4H3. The maximum Gasteiger partial charge on any atom is 0.183 e. The molecule has 62 valence electrons. The first-order valence-corrected chi connectivity index (χ1v) is 3.96. The molecule has 0 saturated heterocycles. The van der Waals surface area contributed by atoms with Crippen molar-refractivity contribution in [1.29, 1.82) is 0 Å². The molecule has 0 bridgehead atoms. The minimum atomic E-state index is 0.0819. The van der Waals surface area contributed by atoms with Gasteiger partial charge in [0.05, 0.1) is 0 Å². The molecule has 11 heavy (non-hydrogen) atoms. The molecule has 0 heterocycles. The maximum absolute atomic E-state index is 11.2. The van der Waals surface area contributed by atoms with Gasteiger partial charge in [-0.2, -0.15) is 0 Å². The number of hydrogen-bond acceptors (Lipinski definition) is 1. The predicted molar refractivity (Wildman–Crippen MR) is 48.5 cm³/mol. The predicted octanol–water partition coefficient (Wildman–Crippen LogP) is 2.88. The van der Waals surface area contributed by atoms with Crippen LogP contribution < -0.4 is 0 Å². The molecule has 1 nitrogen and oxygen atoms in total. The summed E-state index contributed by atoms with van der Waals surface area (Å²) in [5, 5.41) is 0. The first-order chi connectivity index (χ1) is 5.09. The molecule has 0 atom stereocenters. The van der Waals surface area contributed by atoms with Crippen LogP contribution in [-0.2, 0) is 4.79 Å². The van der Waals surface area contributed by atoms with Gasteiger partial charge in [-0.3, -0.25) is 4.79 Å². The summed E-state index contributed by atoms with van der Waals surface area (Å²) in [6, 6.07) is 0. The summed E-state index contributed by atoms with van der Waals surface area (Å²) in [6.07, 6.45) is 4.03. The smallest absolute Gasteiger partial charge is 0.183 e. The van der Waals surface area contributed by atoms with E-state index in [-0.39, 0.29) is 5.78 Å². The first-order valence-electron chi connectivity index (χ1n) is 3.96. The number of allylic oxidation sites excluding steroid dienone is 3. The summed E-state index contributed by atoms with van der Waals surface area (Å²) in [5.74, 6) is 0.0819. The van der Waals surface area contributed by atoms with Crippen LogP contribution in [0.25, 0.3) is 0 Å². The molecule has 0 spiro atoms. The molecule has 0 amide bonds. The van der Waals surface area contributed by atoms with E-state index in [0.29, 0.717) is 5.57 Å². The Morgan fingerprint density at radius 1 is 1.45 bits per heavy atom. The van der Waals surface area contributed by atoms with E-state index in [1.807, 2.05) is 13.0 Å². The van der Waals surface area contributed by atoms with Crippen molar-refractivity contribution >= 4 is 5.78 Å². The number of rotatable bonds is 4. The van der Waals surface area contributed by atoms with Crippen molar-refractivity contribution in [2.75, 3.05) is 0 Å². The Morgan fingerprint density at radius 3 is 2.36 bits per heavy atom. The van der Waals surface area contributed by atoms with Gasteiger partial charge in [0.1, 0.15) is 0 Å². The fourth-order valence-electron chi connectivity index (χ4n) is 0.790. The largest absolute Gasteiger partial charge is 0.289 e. The second-order valence-electron chi connectivity index (χ2n) is 2.79. The second kappa shape index (κ2) is 4.89. The third-order valence-electron chi connectivity index (χ3n) is 1.48. The van der Waals surface area contributed by atoms with Crippen LogP contribution >= 0.6 is 0 Å². The molecule has 0 N–H and O–H groups in total. The van der Waals surface area contributed by atoms with E-state index in [1.165, 1.54) is 0 Å². The average Bonchev–Trinajstić information content (AvgIpc) is 1.98. The Bertz CT molecular complexity index is 187. The van der Waals surface area contributed by atoms with Crippen LogP contribution in [0.2, 0.25) is 0 Å². The minimum Gasteiger partial charge on any atom is -0.289 e. The maximum atomic E-state index is 11.2. The number of carbonyl (C=O) groups excluding carboxylic acids is 1. The van der Waals surface area contributed by atoms with E-state index < -0.39 is 0 Å². The van der Waals surface area contributed by atoms with Crippen LogP contribution in [0.4, 0.5) is 0 Å². The molecule has 0 aromatic rings. The number of Topliss-reactive ketones (excluding diaryl/α,β-unsaturated/α-hetero) is 1. The molecule has 0 unspecified atom stereocenters. The van der Waals surface area contributed by atoms with Crippen molar-refractivity contribution in [2.45, 2.75) is 33.6 Å². The Morgan fingerprint density at radius 2 is 2.00 bits per heavy atom. The lowest BCUT2D eigenvalue weighted by Gasteiger charge is -1.97. The van der Waals surface area contributed by atoms with E-state index in [2.05, 4.69) is 13.5 Å². The molecule has 0 aromatic heterocycles. The minimum absolute atomic E-state index is 0.0819. The van der Waals surface area contributed by atoms with Crippen LogP contribution in [0.3, 0.4) is 0 Å². The molecular formula is C10H16O. The third-order valence-corrected chi connectivity index (χ3v) is 1.48. The van der Waals surface area contributed by atoms with Gasteiger partial charge in [-0.15, -0.1) is 0 Å². The molecule has 0 saturated carbocycles. The van der Waals surface area contributed by atoms with Crippen LogP contribution in [0.1, 0.15) is 33.6 Å². The Hall–Kier alpha value is -0.850. The van der Waals surface area contributed by atoms with Gasteiger partial charge in [0, 0.05) is 0 Å². The van der Waals surface area contributed by atoms with E-state index in [4.69, 9.17) is 0 Å². The van der Waals surface area contributed by atoms with Crippen molar-refractivity contribution < 1.29 is 4.79 Å². The highest BCUT2D eigenvalue weighted by atomic mass is 16.1. The van der Waals surface area contributed by atoms with Gasteiger partial charge in [-0.05, 0) is 31.4 Å². The third kappa shape index (κ3) is 3.76. The van der Waals surface area contributed by atoms with Crippen molar-refractivity contribution in [3.8, 4) is 0 Å². The van der Waals surface area contributed by atoms with E-state index in [9.17, 15) is 4.79 Å². The second-order valence-corrected chi connectivity index (χ2v) is 2.79. The molecule has 0 radical (unpaired) electrons. The van der Waals surface area contributed by atoms with Crippen molar-refractivity contribution in [3.63, 3.8) is 0 Å². The number of ketones is 1. The molecule has 1 heteroatoms. The highest BCUT2D eigenvalue weighted by molar-refractivity contribution is 6.06. The Labute approximate surface area is 68.8 Å². The monoisotopic (exact) mass is 152 g/mol. The Balaban J connectivity index is 4.12. The lowest BCUT2D eigenvalue weighted by Crippen LogP contribution is -1.99. The quantitative estimate of drug-likeness (QED) is 0.566. The van der Waals surface area contributed by atoms with Crippen molar-refractivity contribution in [2.24, 2.45) is 0 Å². The van der Waals surface area contributed by atoms with E-state index >= 15 is 0 Å². The van der Waals surface area contributed by atoms with Gasteiger partial charge >= 0.3 is 0 Å². The fourth-order valence-corrected chi connectivity index (χ4v) is 0.790. The summed E-state index contributed by atoms with van der Waals surface area (Å²) in [7, 11) is 0. The van der Waals surface area contributed by atoms with Crippen molar-refractivity contribution in [3.05, 3.63) is 23.8 Å². The number of unbranched alkanes of at least 4 members (excludes halogenated alkanes) is 1. The number of carbonyl (C=O) groups is 1. The zero-order valence-corrected chi connectivity index (χ0v) is 7.61. The summed E-state index contributed by atoms with van der Waals surface area (Å²) >= 11 is 0. The van der Waals surface area contributed by atoms with Crippen LogP contribution in [0, 0.1) is 0 Å². The lowest BCUT2D eigenvalue weighted by atomic mass is 10.1. The summed E-state index contributed by atoms with van der Waals surface area (Å²) in [5.41, 5.74) is 1.44. The highest BCUT2D eigenvalue weighted by Crippen LogP contribution is 2.04. The van der Waals surface area contributed by atoms with Gasteiger partial charge in [-0.1, -0.05) is 26.0 Å². The van der Waals surface area contributed by atoms with Gasteiger partial charge in [-0.25, -0.2) is 0 Å². The fraction of sp³-hybridized carbons (Fsp3) is 0.500. The molecule has 0 rings (SSSR count). The van der Waals surface area contributed by atoms with Gasteiger partial charge < -0.3 is 0 Å². The van der Waals surface area contributed by atoms with E-state index in [1.54, 1.807) is 6.92 Å². The van der Waals surface area contributed by atoms with Gasteiger partial charge in [0.15, 0.2) is 5.78 Å². The lowest BCUT2D eigenvalue weighted by molar-refractivity contribution is -0.112. The summed E-state index contributed by atoms with van der Waals surface area (Å²) in [4.78, 5) is 11.2. The van der Waals surface area contributed by atoms with Crippen LogP contribution in [-0.4, -0.2) is 5.78 Å². The molecule has 0 aliphatic heterocycles. The highest BCUT2D eigenvalue weighted by Gasteiger charge is 2.02. The van der Waals surface area contributed by atoms with E-state index in [0.717, 1.165) is 18.4 Å². The van der Waals surface area contributed by atoms with Gasteiger partial charge in [0.25, 0.3) is 0 Å². The zero-order valence-electron chi connectivity index (χ0n) is 7.61. The average molecular weight is 152 g/mol. The molecule has 0 aromatic carbocycles. The van der Waals surface area contributed by atoms with Crippen LogP contribution in [0.5, 0.6) is 0 Å². The normalized spacial score (nSPS) is 11.4. The molecule has 0 fully saturated rings. The summed E-state index contributed by atoms with van der Waals surface area (Å²) in [6.45, 7) is 9.27. The van der Waals surface area contributed by atoms with Gasteiger partial charge in [0.2, 0.25) is 0 Å². The Kier molecular flexibility index (Phi) is 4.51. The molecule has 0 aliphatic rings. The van der Waals surface area contributed by atoms with Crippen molar-refractivity contribution in [1.82, 2.24) is 0 Å². The zero-order chi connectivity index (χ0) is 8.85. The number of hydrogen-bond donors (Lipinski definition) is 0. The summed E-state index contributed by atoms with van der Waals surface area (Å²) < 4.78 is 0. The first kappa shape index (κ1) is 10.2.